The van der Waals surface area contributed by atoms with Crippen LogP contribution in [-0.4, -0.2) is 34.7 Å². The Hall–Kier alpha value is -1.39. The van der Waals surface area contributed by atoms with Crippen LogP contribution in [0.15, 0.2) is 28.8 Å². The second-order valence-corrected chi connectivity index (χ2v) is 5.53. The summed E-state index contributed by atoms with van der Waals surface area (Å²) in [5.41, 5.74) is 2.23. The van der Waals surface area contributed by atoms with Gasteiger partial charge in [0.05, 0.1) is 0 Å². The number of benzene rings is 1. The Morgan fingerprint density at radius 3 is 2.52 bits per heavy atom. The fourth-order valence-corrected chi connectivity index (χ4v) is 2.61. The molecule has 0 bridgehead atoms. The first-order valence-corrected chi connectivity index (χ1v) is 7.43. The average Bonchev–Trinajstić information content (AvgIpc) is 2.96. The molecule has 1 aliphatic rings. The van der Waals surface area contributed by atoms with Crippen molar-refractivity contribution < 1.29 is 4.52 Å². The molecule has 0 radical (unpaired) electrons. The zero-order chi connectivity index (χ0) is 13.8. The first-order valence-electron chi connectivity index (χ1n) is 7.43. The third-order valence-corrected chi connectivity index (χ3v) is 3.87. The Balaban J connectivity index is 0.00000161. The maximum atomic E-state index is 5.35. The predicted molar refractivity (Wildman–Crippen MR) is 85.7 cm³/mol. The van der Waals surface area contributed by atoms with E-state index in [0.29, 0.717) is 5.89 Å². The van der Waals surface area contributed by atoms with E-state index in [4.69, 9.17) is 4.52 Å². The van der Waals surface area contributed by atoms with Gasteiger partial charge in [0, 0.05) is 18.5 Å². The van der Waals surface area contributed by atoms with Gasteiger partial charge in [-0.3, -0.25) is 0 Å². The molecule has 1 aliphatic heterocycles. The molecule has 0 saturated carbocycles. The van der Waals surface area contributed by atoms with Crippen LogP contribution in [0.1, 0.15) is 30.7 Å². The van der Waals surface area contributed by atoms with Crippen molar-refractivity contribution in [2.24, 2.45) is 0 Å². The Morgan fingerprint density at radius 2 is 1.81 bits per heavy atom. The number of hydrogen-bond acceptors (Lipinski definition) is 4. The molecule has 4 nitrogen and oxygen atoms in total. The number of nitrogens with zero attached hydrogens (tertiary/aromatic N) is 3. The normalized spacial score (nSPS) is 15.7. The zero-order valence-corrected chi connectivity index (χ0v) is 13.2. The van der Waals surface area contributed by atoms with Crippen molar-refractivity contribution in [1.29, 1.82) is 0 Å². The highest BCUT2D eigenvalue weighted by atomic mass is 35.5. The second kappa shape index (κ2) is 7.57. The summed E-state index contributed by atoms with van der Waals surface area (Å²) < 4.78 is 5.35. The number of likely N-dealkylation sites (tertiary alicyclic amines) is 1. The fourth-order valence-electron chi connectivity index (χ4n) is 2.61. The summed E-state index contributed by atoms with van der Waals surface area (Å²) in [7, 11) is 0. The minimum Gasteiger partial charge on any atom is -0.334 e. The summed E-state index contributed by atoms with van der Waals surface area (Å²) in [5, 5.41) is 4.09. The van der Waals surface area contributed by atoms with Crippen molar-refractivity contribution in [2.75, 3.05) is 19.6 Å². The molecule has 1 aromatic heterocycles. The van der Waals surface area contributed by atoms with E-state index >= 15 is 0 Å². The van der Waals surface area contributed by atoms with Crippen molar-refractivity contribution in [1.82, 2.24) is 15.0 Å². The van der Waals surface area contributed by atoms with Crippen LogP contribution >= 0.6 is 12.4 Å². The van der Waals surface area contributed by atoms with Crippen molar-refractivity contribution in [3.63, 3.8) is 0 Å². The largest absolute Gasteiger partial charge is 0.334 e. The predicted octanol–water partition coefficient (Wildman–Crippen LogP) is 3.50. The van der Waals surface area contributed by atoms with Crippen molar-refractivity contribution >= 4 is 12.4 Å². The third-order valence-electron chi connectivity index (χ3n) is 3.87. The molecule has 0 aliphatic carbocycles. The Labute approximate surface area is 132 Å². The van der Waals surface area contributed by atoms with E-state index in [1.54, 1.807) is 0 Å². The van der Waals surface area contributed by atoms with Crippen LogP contribution in [0.2, 0.25) is 0 Å². The van der Waals surface area contributed by atoms with Gasteiger partial charge in [0.15, 0.2) is 5.82 Å². The maximum absolute atomic E-state index is 5.35. The molecule has 0 atom stereocenters. The number of aromatic nitrogens is 2. The van der Waals surface area contributed by atoms with Crippen LogP contribution < -0.4 is 0 Å². The lowest BCUT2D eigenvalue weighted by Gasteiger charge is -2.25. The number of hydrogen-bond donors (Lipinski definition) is 0. The lowest BCUT2D eigenvalue weighted by Crippen LogP contribution is -2.31. The first-order chi connectivity index (χ1) is 9.81. The van der Waals surface area contributed by atoms with Crippen LogP contribution in [-0.2, 0) is 6.42 Å². The minimum atomic E-state index is 0. The van der Waals surface area contributed by atoms with E-state index in [1.807, 2.05) is 12.1 Å². The van der Waals surface area contributed by atoms with Gasteiger partial charge in [0.2, 0.25) is 0 Å². The zero-order valence-electron chi connectivity index (χ0n) is 12.4. The lowest BCUT2D eigenvalue weighted by atomic mass is 10.1. The number of halogens is 1. The smallest absolute Gasteiger partial charge is 0.257 e. The molecule has 0 spiro atoms. The fraction of sp³-hybridized carbons (Fsp3) is 0.500. The first kappa shape index (κ1) is 16.0. The Kier molecular flexibility index (Phi) is 5.76. The third kappa shape index (κ3) is 4.29. The molecule has 1 aromatic carbocycles. The number of aryl methyl sites for hydroxylation is 1. The standard InChI is InChI=1S/C16H21N3O.ClH/c1-13-5-7-14(8-6-13)16-17-15(18-20-16)9-12-19-10-3-2-4-11-19;/h5-8H,2-4,9-12H2,1H3;1H. The van der Waals surface area contributed by atoms with Crippen LogP contribution in [0, 0.1) is 6.92 Å². The molecule has 5 heteroatoms. The van der Waals surface area contributed by atoms with Gasteiger partial charge in [-0.25, -0.2) is 0 Å². The molecule has 114 valence electrons. The SMILES string of the molecule is Cc1ccc(-c2nc(CCN3CCCCC3)no2)cc1.Cl. The highest BCUT2D eigenvalue weighted by Gasteiger charge is 2.13. The van der Waals surface area contributed by atoms with Gasteiger partial charge in [-0.05, 0) is 45.0 Å². The Bertz CT molecular complexity index is 547. The van der Waals surface area contributed by atoms with Gasteiger partial charge < -0.3 is 9.42 Å². The van der Waals surface area contributed by atoms with E-state index in [2.05, 4.69) is 34.1 Å². The van der Waals surface area contributed by atoms with Crippen LogP contribution in [0.5, 0.6) is 0 Å². The van der Waals surface area contributed by atoms with Gasteiger partial charge in [-0.1, -0.05) is 29.3 Å². The highest BCUT2D eigenvalue weighted by Crippen LogP contribution is 2.18. The van der Waals surface area contributed by atoms with Crippen molar-refractivity contribution in [2.45, 2.75) is 32.6 Å². The molecule has 0 N–H and O–H groups in total. The molecular formula is C16H22ClN3O. The van der Waals surface area contributed by atoms with Gasteiger partial charge in [-0.2, -0.15) is 4.98 Å². The summed E-state index contributed by atoms with van der Waals surface area (Å²) in [6.45, 7) is 5.53. The average molecular weight is 308 g/mol. The monoisotopic (exact) mass is 307 g/mol. The quantitative estimate of drug-likeness (QED) is 0.867. The van der Waals surface area contributed by atoms with Crippen LogP contribution in [0.3, 0.4) is 0 Å². The van der Waals surface area contributed by atoms with Gasteiger partial charge in [-0.15, -0.1) is 12.4 Å². The number of piperidine rings is 1. The van der Waals surface area contributed by atoms with E-state index in [9.17, 15) is 0 Å². The Morgan fingerprint density at radius 1 is 1.10 bits per heavy atom. The molecule has 1 fully saturated rings. The molecule has 0 amide bonds. The van der Waals surface area contributed by atoms with Gasteiger partial charge >= 0.3 is 0 Å². The van der Waals surface area contributed by atoms with E-state index in [-0.39, 0.29) is 12.4 Å². The van der Waals surface area contributed by atoms with Crippen molar-refractivity contribution in [3.05, 3.63) is 35.7 Å². The maximum Gasteiger partial charge on any atom is 0.257 e. The summed E-state index contributed by atoms with van der Waals surface area (Å²) in [5.74, 6) is 1.43. The van der Waals surface area contributed by atoms with Crippen LogP contribution in [0.4, 0.5) is 0 Å². The van der Waals surface area contributed by atoms with Crippen LogP contribution in [0.25, 0.3) is 11.5 Å². The molecule has 2 heterocycles. The van der Waals surface area contributed by atoms with E-state index < -0.39 is 0 Å². The van der Waals surface area contributed by atoms with Gasteiger partial charge in [0.1, 0.15) is 0 Å². The molecule has 3 rings (SSSR count). The molecule has 2 aromatic rings. The second-order valence-electron chi connectivity index (χ2n) is 5.53. The summed E-state index contributed by atoms with van der Waals surface area (Å²) >= 11 is 0. The van der Waals surface area contributed by atoms with E-state index in [0.717, 1.165) is 24.4 Å². The van der Waals surface area contributed by atoms with E-state index in [1.165, 1.54) is 37.9 Å². The van der Waals surface area contributed by atoms with Crippen molar-refractivity contribution in [3.8, 4) is 11.5 Å². The summed E-state index contributed by atoms with van der Waals surface area (Å²) in [6, 6.07) is 8.18. The highest BCUT2D eigenvalue weighted by molar-refractivity contribution is 5.85. The summed E-state index contributed by atoms with van der Waals surface area (Å²) in [4.78, 5) is 6.98. The molecular weight excluding hydrogens is 286 g/mol. The molecule has 1 saturated heterocycles. The molecule has 0 unspecified atom stereocenters. The lowest BCUT2D eigenvalue weighted by molar-refractivity contribution is 0.229. The number of rotatable bonds is 4. The van der Waals surface area contributed by atoms with Gasteiger partial charge in [0.25, 0.3) is 5.89 Å². The topological polar surface area (TPSA) is 42.2 Å². The molecule has 21 heavy (non-hydrogen) atoms. The minimum absolute atomic E-state index is 0. The summed E-state index contributed by atoms with van der Waals surface area (Å²) in [6.07, 6.45) is 4.88.